The zero-order chi connectivity index (χ0) is 10.1. The highest BCUT2D eigenvalue weighted by atomic mass is 79.9. The second-order valence-electron chi connectivity index (χ2n) is 3.59. The van der Waals surface area contributed by atoms with Gasteiger partial charge in [-0.05, 0) is 37.1 Å². The predicted molar refractivity (Wildman–Crippen MR) is 58.8 cm³/mol. The third-order valence-corrected chi connectivity index (χ3v) is 3.51. The average Bonchev–Trinajstić information content (AvgIpc) is 2.23. The Hall–Kier alpha value is -0.410. The second-order valence-corrected chi connectivity index (χ2v) is 4.44. The van der Waals surface area contributed by atoms with Gasteiger partial charge in [-0.2, -0.15) is 0 Å². The van der Waals surface area contributed by atoms with Crippen LogP contribution in [0.4, 0.5) is 4.39 Å². The van der Waals surface area contributed by atoms with Gasteiger partial charge in [-0.3, -0.25) is 0 Å². The van der Waals surface area contributed by atoms with E-state index >= 15 is 0 Å². The molecule has 0 spiro atoms. The van der Waals surface area contributed by atoms with Crippen LogP contribution in [0.3, 0.4) is 0 Å². The van der Waals surface area contributed by atoms with E-state index < -0.39 is 0 Å². The number of nitrogens with one attached hydrogen (secondary N) is 1. The van der Waals surface area contributed by atoms with E-state index in [1.54, 1.807) is 12.1 Å². The lowest BCUT2D eigenvalue weighted by Crippen LogP contribution is -2.30. The molecule has 0 aliphatic carbocycles. The molecule has 1 N–H and O–H groups in total. The molecule has 1 nitrogen and oxygen atoms in total. The first kappa shape index (κ1) is 10.1. The van der Waals surface area contributed by atoms with Gasteiger partial charge < -0.3 is 5.32 Å². The van der Waals surface area contributed by atoms with Gasteiger partial charge in [0.15, 0.2) is 0 Å². The fourth-order valence-electron chi connectivity index (χ4n) is 2.06. The molecule has 0 saturated heterocycles. The lowest BCUT2D eigenvalue weighted by Gasteiger charge is -2.27. The molecule has 1 aromatic rings. The Bertz CT molecular complexity index is 351. The summed E-state index contributed by atoms with van der Waals surface area (Å²) in [4.78, 5) is 0. The van der Waals surface area contributed by atoms with E-state index in [4.69, 9.17) is 0 Å². The number of hydrogen-bond donors (Lipinski definition) is 1. The summed E-state index contributed by atoms with van der Waals surface area (Å²) in [6.07, 6.45) is 1.84. The molecule has 0 saturated carbocycles. The van der Waals surface area contributed by atoms with Crippen LogP contribution in [0.15, 0.2) is 16.6 Å². The van der Waals surface area contributed by atoms with Crippen molar-refractivity contribution in [2.75, 3.05) is 6.54 Å². The molecule has 1 unspecified atom stereocenters. The maximum Gasteiger partial charge on any atom is 0.128 e. The molecule has 1 aromatic carbocycles. The van der Waals surface area contributed by atoms with Crippen LogP contribution in [-0.2, 0) is 6.42 Å². The summed E-state index contributed by atoms with van der Waals surface area (Å²) in [6, 6.07) is 3.52. The first-order chi connectivity index (χ1) is 6.74. The Balaban J connectivity index is 2.55. The average molecular weight is 258 g/mol. The molecular formula is C11H13BrFN. The molecule has 3 heteroatoms. The topological polar surface area (TPSA) is 12.0 Å². The third kappa shape index (κ3) is 1.59. The molecule has 1 atom stereocenters. The highest BCUT2D eigenvalue weighted by molar-refractivity contribution is 9.10. The van der Waals surface area contributed by atoms with Crippen LogP contribution in [0.5, 0.6) is 0 Å². The summed E-state index contributed by atoms with van der Waals surface area (Å²) in [7, 11) is 0. The molecule has 0 bridgehead atoms. The quantitative estimate of drug-likeness (QED) is 0.815. The minimum Gasteiger partial charge on any atom is -0.310 e. The highest BCUT2D eigenvalue weighted by Crippen LogP contribution is 2.32. The van der Waals surface area contributed by atoms with Crippen molar-refractivity contribution in [3.63, 3.8) is 0 Å². The zero-order valence-electron chi connectivity index (χ0n) is 8.11. The fourth-order valence-corrected chi connectivity index (χ4v) is 2.61. The molecule has 1 aliphatic heterocycles. The minimum absolute atomic E-state index is 0.0812. The predicted octanol–water partition coefficient (Wildman–Crippen LogP) is 3.19. The van der Waals surface area contributed by atoms with Crippen LogP contribution in [0.25, 0.3) is 0 Å². The smallest absolute Gasteiger partial charge is 0.128 e. The van der Waals surface area contributed by atoms with Crippen molar-refractivity contribution < 1.29 is 4.39 Å². The van der Waals surface area contributed by atoms with Gasteiger partial charge >= 0.3 is 0 Å². The molecule has 0 fully saturated rings. The SMILES string of the molecule is CCC1NCCc2c(Br)ccc(F)c21. The van der Waals surface area contributed by atoms with E-state index in [1.165, 1.54) is 0 Å². The van der Waals surface area contributed by atoms with Crippen LogP contribution < -0.4 is 5.32 Å². The summed E-state index contributed by atoms with van der Waals surface area (Å²) >= 11 is 3.48. The molecular weight excluding hydrogens is 245 g/mol. The van der Waals surface area contributed by atoms with Gasteiger partial charge in [-0.25, -0.2) is 4.39 Å². The van der Waals surface area contributed by atoms with E-state index in [0.717, 1.165) is 35.0 Å². The van der Waals surface area contributed by atoms with E-state index in [1.807, 2.05) is 0 Å². The summed E-state index contributed by atoms with van der Waals surface area (Å²) < 4.78 is 14.7. The molecule has 0 aromatic heterocycles. The van der Waals surface area contributed by atoms with Crippen molar-refractivity contribution in [1.29, 1.82) is 0 Å². The summed E-state index contributed by atoms with van der Waals surface area (Å²) in [5, 5.41) is 3.33. The zero-order valence-corrected chi connectivity index (χ0v) is 9.70. The molecule has 14 heavy (non-hydrogen) atoms. The first-order valence-corrected chi connectivity index (χ1v) is 5.73. The number of hydrogen-bond acceptors (Lipinski definition) is 1. The number of halogens is 2. The van der Waals surface area contributed by atoms with Crippen molar-refractivity contribution in [2.45, 2.75) is 25.8 Å². The fraction of sp³-hybridized carbons (Fsp3) is 0.455. The molecule has 1 heterocycles. The Morgan fingerprint density at radius 3 is 3.07 bits per heavy atom. The van der Waals surface area contributed by atoms with Gasteiger partial charge in [-0.15, -0.1) is 0 Å². The van der Waals surface area contributed by atoms with Gasteiger partial charge in [0.1, 0.15) is 5.82 Å². The molecule has 2 rings (SSSR count). The van der Waals surface area contributed by atoms with Crippen molar-refractivity contribution in [2.24, 2.45) is 0 Å². The Labute approximate surface area is 91.8 Å². The monoisotopic (exact) mass is 257 g/mol. The highest BCUT2D eigenvalue weighted by Gasteiger charge is 2.23. The van der Waals surface area contributed by atoms with E-state index in [0.29, 0.717) is 0 Å². The molecule has 0 amide bonds. The number of benzene rings is 1. The maximum atomic E-state index is 13.6. The van der Waals surface area contributed by atoms with E-state index in [2.05, 4.69) is 28.2 Å². The van der Waals surface area contributed by atoms with Gasteiger partial charge in [0.2, 0.25) is 0 Å². The standard InChI is InChI=1S/C11H13BrFN/c1-2-10-11-7(5-6-14-10)8(12)3-4-9(11)13/h3-4,10,14H,2,5-6H2,1H3. The molecule has 0 radical (unpaired) electrons. The third-order valence-electron chi connectivity index (χ3n) is 2.77. The van der Waals surface area contributed by atoms with Crippen LogP contribution in [0, 0.1) is 5.82 Å². The minimum atomic E-state index is -0.0812. The van der Waals surface area contributed by atoms with E-state index in [-0.39, 0.29) is 11.9 Å². The summed E-state index contributed by atoms with van der Waals surface area (Å²) in [5.41, 5.74) is 1.99. The lowest BCUT2D eigenvalue weighted by atomic mass is 9.92. The van der Waals surface area contributed by atoms with Crippen LogP contribution >= 0.6 is 15.9 Å². The number of fused-ring (bicyclic) bond motifs is 1. The van der Waals surface area contributed by atoms with Gasteiger partial charge in [0.25, 0.3) is 0 Å². The summed E-state index contributed by atoms with van der Waals surface area (Å²) in [5.74, 6) is -0.0812. The maximum absolute atomic E-state index is 13.6. The molecule has 1 aliphatic rings. The Morgan fingerprint density at radius 2 is 2.36 bits per heavy atom. The largest absolute Gasteiger partial charge is 0.310 e. The van der Waals surface area contributed by atoms with Crippen molar-refractivity contribution >= 4 is 15.9 Å². The summed E-state index contributed by atoms with van der Waals surface area (Å²) in [6.45, 7) is 3.01. The number of rotatable bonds is 1. The van der Waals surface area contributed by atoms with Crippen molar-refractivity contribution in [3.8, 4) is 0 Å². The van der Waals surface area contributed by atoms with Crippen molar-refractivity contribution in [1.82, 2.24) is 5.32 Å². The van der Waals surface area contributed by atoms with Gasteiger partial charge in [0.05, 0.1) is 0 Å². The van der Waals surface area contributed by atoms with Crippen LogP contribution in [0.1, 0.15) is 30.5 Å². The Kier molecular flexibility index (Phi) is 2.88. The lowest BCUT2D eigenvalue weighted by molar-refractivity contribution is 0.461. The molecule has 76 valence electrons. The Morgan fingerprint density at radius 1 is 1.57 bits per heavy atom. The normalized spacial score (nSPS) is 20.6. The van der Waals surface area contributed by atoms with Gasteiger partial charge in [0, 0.05) is 16.1 Å². The van der Waals surface area contributed by atoms with Gasteiger partial charge in [-0.1, -0.05) is 22.9 Å². The van der Waals surface area contributed by atoms with Crippen LogP contribution in [-0.4, -0.2) is 6.54 Å². The first-order valence-electron chi connectivity index (χ1n) is 4.94. The second kappa shape index (κ2) is 3.99. The van der Waals surface area contributed by atoms with Crippen molar-refractivity contribution in [3.05, 3.63) is 33.5 Å². The van der Waals surface area contributed by atoms with E-state index in [9.17, 15) is 4.39 Å². The van der Waals surface area contributed by atoms with Crippen LogP contribution in [0.2, 0.25) is 0 Å².